The van der Waals surface area contributed by atoms with E-state index in [1.54, 1.807) is 31.2 Å². The van der Waals surface area contributed by atoms with Gasteiger partial charge >= 0.3 is 0 Å². The van der Waals surface area contributed by atoms with Crippen LogP contribution in [0.1, 0.15) is 18.6 Å². The van der Waals surface area contributed by atoms with Crippen LogP contribution < -0.4 is 5.32 Å². The van der Waals surface area contributed by atoms with Crippen LogP contribution >= 0.6 is 0 Å². The number of β-amino-alcohol motifs (C(OH)–C–C–N with tert-alkyl or cyclic N) is 1. The van der Waals surface area contributed by atoms with Crippen molar-refractivity contribution >= 4 is 9.84 Å². The number of piperazine rings is 1. The summed E-state index contributed by atoms with van der Waals surface area (Å²) < 4.78 is 23.4. The molecule has 20 heavy (non-hydrogen) atoms. The summed E-state index contributed by atoms with van der Waals surface area (Å²) in [5.41, 5.74) is 0.763. The van der Waals surface area contributed by atoms with Gasteiger partial charge in [-0.15, -0.1) is 0 Å². The average Bonchev–Trinajstić information content (AvgIpc) is 2.48. The van der Waals surface area contributed by atoms with E-state index >= 15 is 0 Å². The van der Waals surface area contributed by atoms with Crippen LogP contribution in [0, 0.1) is 0 Å². The third-order valence-electron chi connectivity index (χ3n) is 3.64. The first-order chi connectivity index (χ1) is 9.53. The Balaban J connectivity index is 2.02. The van der Waals surface area contributed by atoms with Crippen molar-refractivity contribution in [2.75, 3.05) is 38.5 Å². The zero-order valence-corrected chi connectivity index (χ0v) is 12.6. The number of hydrogen-bond acceptors (Lipinski definition) is 5. The molecular formula is C14H22N2O3S. The van der Waals surface area contributed by atoms with Gasteiger partial charge in [-0.3, -0.25) is 4.90 Å². The van der Waals surface area contributed by atoms with Gasteiger partial charge in [0, 0.05) is 32.7 Å². The molecule has 0 saturated carbocycles. The van der Waals surface area contributed by atoms with Crippen LogP contribution in [0.2, 0.25) is 0 Å². The normalized spacial score (nSPS) is 18.9. The first kappa shape index (κ1) is 15.4. The smallest absolute Gasteiger partial charge is 0.178 e. The lowest BCUT2D eigenvalue weighted by Crippen LogP contribution is -2.44. The zero-order valence-electron chi connectivity index (χ0n) is 11.7. The van der Waals surface area contributed by atoms with Crippen molar-refractivity contribution in [1.29, 1.82) is 0 Å². The molecule has 1 aliphatic heterocycles. The van der Waals surface area contributed by atoms with Gasteiger partial charge in [0.25, 0.3) is 0 Å². The lowest BCUT2D eigenvalue weighted by Gasteiger charge is -2.29. The van der Waals surface area contributed by atoms with Gasteiger partial charge in [0.1, 0.15) is 0 Å². The second-order valence-corrected chi connectivity index (χ2v) is 7.32. The van der Waals surface area contributed by atoms with E-state index < -0.39 is 15.9 Å². The van der Waals surface area contributed by atoms with Crippen molar-refractivity contribution in [3.63, 3.8) is 0 Å². The first-order valence-electron chi connectivity index (χ1n) is 6.97. The molecule has 6 heteroatoms. The van der Waals surface area contributed by atoms with Crippen LogP contribution in [-0.4, -0.2) is 56.9 Å². The van der Waals surface area contributed by atoms with E-state index in [1.165, 1.54) is 0 Å². The lowest BCUT2D eigenvalue weighted by atomic mass is 10.1. The number of nitrogens with one attached hydrogen (secondary N) is 1. The van der Waals surface area contributed by atoms with E-state index in [2.05, 4.69) is 10.2 Å². The quantitative estimate of drug-likeness (QED) is 0.824. The number of aliphatic hydroxyl groups is 1. The largest absolute Gasteiger partial charge is 0.387 e. The highest BCUT2D eigenvalue weighted by Gasteiger charge is 2.17. The summed E-state index contributed by atoms with van der Waals surface area (Å²) in [4.78, 5) is 2.52. The fourth-order valence-corrected chi connectivity index (χ4v) is 3.19. The Morgan fingerprint density at radius 1 is 1.25 bits per heavy atom. The Hall–Kier alpha value is -0.950. The van der Waals surface area contributed by atoms with Crippen LogP contribution in [0.4, 0.5) is 0 Å². The molecule has 5 nitrogen and oxygen atoms in total. The molecule has 1 aromatic carbocycles. The predicted molar refractivity (Wildman–Crippen MR) is 78.4 cm³/mol. The van der Waals surface area contributed by atoms with Gasteiger partial charge in [-0.05, 0) is 17.7 Å². The minimum atomic E-state index is -3.17. The van der Waals surface area contributed by atoms with Crippen molar-refractivity contribution in [2.24, 2.45) is 0 Å². The SMILES string of the molecule is CCS(=O)(=O)c1ccc(C(O)CN2CCNCC2)cc1. The maximum absolute atomic E-state index is 11.7. The summed E-state index contributed by atoms with van der Waals surface area (Å²) >= 11 is 0. The second kappa shape index (κ2) is 6.67. The first-order valence-corrected chi connectivity index (χ1v) is 8.62. The van der Waals surface area contributed by atoms with Gasteiger partial charge in [0.2, 0.25) is 0 Å². The van der Waals surface area contributed by atoms with Crippen LogP contribution in [0.5, 0.6) is 0 Å². The fraction of sp³-hybridized carbons (Fsp3) is 0.571. The van der Waals surface area contributed by atoms with E-state index in [0.717, 1.165) is 31.7 Å². The summed E-state index contributed by atoms with van der Waals surface area (Å²) in [6, 6.07) is 6.56. The highest BCUT2D eigenvalue weighted by molar-refractivity contribution is 7.91. The molecule has 2 N–H and O–H groups in total. The van der Waals surface area contributed by atoms with Crippen LogP contribution in [0.25, 0.3) is 0 Å². The Morgan fingerprint density at radius 2 is 1.85 bits per heavy atom. The summed E-state index contributed by atoms with van der Waals surface area (Å²) in [6.45, 7) is 5.96. The number of benzene rings is 1. The molecule has 2 rings (SSSR count). The minimum Gasteiger partial charge on any atom is -0.387 e. The number of sulfone groups is 1. The van der Waals surface area contributed by atoms with Crippen molar-refractivity contribution in [2.45, 2.75) is 17.9 Å². The number of nitrogens with zero attached hydrogens (tertiary/aromatic N) is 1. The third-order valence-corrected chi connectivity index (χ3v) is 5.40. The van der Waals surface area contributed by atoms with Crippen molar-refractivity contribution < 1.29 is 13.5 Å². The Labute approximate surface area is 120 Å². The molecule has 1 unspecified atom stereocenters. The van der Waals surface area contributed by atoms with Crippen molar-refractivity contribution in [3.05, 3.63) is 29.8 Å². The standard InChI is InChI=1S/C14H22N2O3S/c1-2-20(18,19)13-5-3-12(4-6-13)14(17)11-16-9-7-15-8-10-16/h3-6,14-15,17H,2,7-11H2,1H3. The fourth-order valence-electron chi connectivity index (χ4n) is 2.31. The summed E-state index contributed by atoms with van der Waals surface area (Å²) in [5, 5.41) is 13.5. The van der Waals surface area contributed by atoms with E-state index in [4.69, 9.17) is 0 Å². The Morgan fingerprint density at radius 3 is 2.40 bits per heavy atom. The van der Waals surface area contributed by atoms with Gasteiger partial charge in [-0.2, -0.15) is 0 Å². The molecule has 1 saturated heterocycles. The van der Waals surface area contributed by atoms with E-state index in [9.17, 15) is 13.5 Å². The zero-order chi connectivity index (χ0) is 14.6. The van der Waals surface area contributed by atoms with E-state index in [-0.39, 0.29) is 5.75 Å². The molecule has 0 aliphatic carbocycles. The summed E-state index contributed by atoms with van der Waals surface area (Å²) in [6.07, 6.45) is -0.577. The average molecular weight is 298 g/mol. The molecule has 1 aromatic rings. The molecule has 1 atom stereocenters. The second-order valence-electron chi connectivity index (χ2n) is 5.04. The molecule has 1 fully saturated rings. The molecule has 1 aliphatic rings. The van der Waals surface area contributed by atoms with Gasteiger partial charge in [0.05, 0.1) is 16.8 Å². The van der Waals surface area contributed by atoms with Crippen LogP contribution in [0.3, 0.4) is 0 Å². The molecule has 0 amide bonds. The molecular weight excluding hydrogens is 276 g/mol. The molecule has 0 aromatic heterocycles. The molecule has 0 radical (unpaired) electrons. The number of aliphatic hydroxyl groups excluding tert-OH is 1. The van der Waals surface area contributed by atoms with Gasteiger partial charge < -0.3 is 10.4 Å². The summed E-state index contributed by atoms with van der Waals surface area (Å²) in [7, 11) is -3.17. The lowest BCUT2D eigenvalue weighted by molar-refractivity contribution is 0.105. The number of hydrogen-bond donors (Lipinski definition) is 2. The Bertz CT molecular complexity index is 522. The summed E-state index contributed by atoms with van der Waals surface area (Å²) in [5.74, 6) is 0.0929. The van der Waals surface area contributed by atoms with E-state index in [1.807, 2.05) is 0 Å². The predicted octanol–water partition coefficient (Wildman–Crippen LogP) is 0.419. The molecule has 0 bridgehead atoms. The Kier molecular flexibility index (Phi) is 5.15. The van der Waals surface area contributed by atoms with E-state index in [0.29, 0.717) is 11.4 Å². The van der Waals surface area contributed by atoms with Gasteiger partial charge in [-0.1, -0.05) is 19.1 Å². The molecule has 112 valence electrons. The maximum Gasteiger partial charge on any atom is 0.178 e. The highest BCUT2D eigenvalue weighted by atomic mass is 32.2. The van der Waals surface area contributed by atoms with Crippen molar-refractivity contribution in [3.8, 4) is 0 Å². The highest BCUT2D eigenvalue weighted by Crippen LogP contribution is 2.18. The topological polar surface area (TPSA) is 69.6 Å². The minimum absolute atomic E-state index is 0.0929. The van der Waals surface area contributed by atoms with Gasteiger partial charge in [0.15, 0.2) is 9.84 Å². The maximum atomic E-state index is 11.7. The van der Waals surface area contributed by atoms with Gasteiger partial charge in [-0.25, -0.2) is 8.42 Å². The number of rotatable bonds is 5. The van der Waals surface area contributed by atoms with Crippen molar-refractivity contribution in [1.82, 2.24) is 10.2 Å². The third kappa shape index (κ3) is 3.79. The monoisotopic (exact) mass is 298 g/mol. The van der Waals surface area contributed by atoms with Crippen LogP contribution in [-0.2, 0) is 9.84 Å². The molecule has 1 heterocycles. The molecule has 0 spiro atoms. The van der Waals surface area contributed by atoms with Crippen LogP contribution in [0.15, 0.2) is 29.2 Å².